The quantitative estimate of drug-likeness (QED) is 0.461. The third-order valence-corrected chi connectivity index (χ3v) is 5.21. The van der Waals surface area contributed by atoms with Gasteiger partial charge in [0.25, 0.3) is 5.56 Å². The molecule has 0 unspecified atom stereocenters. The van der Waals surface area contributed by atoms with Gasteiger partial charge in [-0.25, -0.2) is 9.78 Å². The summed E-state index contributed by atoms with van der Waals surface area (Å²) in [7, 11) is 0. The van der Waals surface area contributed by atoms with Crippen molar-refractivity contribution in [3.8, 4) is 11.5 Å². The van der Waals surface area contributed by atoms with Crippen molar-refractivity contribution in [1.29, 1.82) is 0 Å². The second-order valence-electron chi connectivity index (χ2n) is 8.45. The van der Waals surface area contributed by atoms with Crippen molar-refractivity contribution in [3.63, 3.8) is 0 Å². The number of halogens is 1. The van der Waals surface area contributed by atoms with Crippen LogP contribution in [0.15, 0.2) is 50.8 Å². The van der Waals surface area contributed by atoms with Gasteiger partial charge in [0.2, 0.25) is 0 Å². The van der Waals surface area contributed by atoms with Crippen LogP contribution in [0.5, 0.6) is 11.5 Å². The van der Waals surface area contributed by atoms with E-state index in [9.17, 15) is 9.59 Å². The Hall–Kier alpha value is -3.20. The summed E-state index contributed by atoms with van der Waals surface area (Å²) in [5.74, 6) is 0.152. The third-order valence-electron chi connectivity index (χ3n) is 4.72. The van der Waals surface area contributed by atoms with E-state index in [1.807, 2.05) is 33.8 Å². The summed E-state index contributed by atoms with van der Waals surface area (Å²) in [5, 5.41) is 14.0. The van der Waals surface area contributed by atoms with Crippen molar-refractivity contribution < 1.29 is 19.4 Å². The van der Waals surface area contributed by atoms with Gasteiger partial charge in [-0.3, -0.25) is 4.79 Å². The first-order valence-corrected chi connectivity index (χ1v) is 11.2. The lowest BCUT2D eigenvalue weighted by molar-refractivity contribution is -0.144. The molecule has 3 aromatic rings. The summed E-state index contributed by atoms with van der Waals surface area (Å²) < 4.78 is 13.2. The zero-order valence-electron chi connectivity index (χ0n) is 19.1. The van der Waals surface area contributed by atoms with Gasteiger partial charge in [-0.1, -0.05) is 36.7 Å². The first-order valence-electron chi connectivity index (χ1n) is 10.4. The molecule has 174 valence electrons. The monoisotopic (exact) mass is 515 g/mol. The molecule has 0 bridgehead atoms. The first-order chi connectivity index (χ1) is 15.5. The number of hydrogen-bond acceptors (Lipinski definition) is 6. The predicted octanol–water partition coefficient (Wildman–Crippen LogP) is 4.59. The standard InChI is InChI=1S/C24H26BrN3O5/c1-6-32-20-11-15(7-10-19(20)33-14(2)22(30)31)13-26-28-21(29)17-12-16(25)8-9-18(17)27-23(28)24(3,4)5/h7-14H,6H2,1-5H3,(H,30,31)/t14-/m1/s1. The average molecular weight is 516 g/mol. The molecular weight excluding hydrogens is 490 g/mol. The number of nitrogens with zero attached hydrogens (tertiary/aromatic N) is 3. The molecule has 0 aliphatic rings. The number of carboxylic acid groups (broad SMARTS) is 1. The number of hydrogen-bond donors (Lipinski definition) is 1. The van der Waals surface area contributed by atoms with Gasteiger partial charge < -0.3 is 14.6 Å². The summed E-state index contributed by atoms with van der Waals surface area (Å²) in [4.78, 5) is 29.1. The molecule has 8 nitrogen and oxygen atoms in total. The van der Waals surface area contributed by atoms with Crippen LogP contribution in [0.3, 0.4) is 0 Å². The highest BCUT2D eigenvalue weighted by atomic mass is 79.9. The van der Waals surface area contributed by atoms with E-state index in [-0.39, 0.29) is 5.56 Å². The minimum Gasteiger partial charge on any atom is -0.490 e. The van der Waals surface area contributed by atoms with Crippen LogP contribution in [-0.2, 0) is 10.2 Å². The van der Waals surface area contributed by atoms with E-state index in [0.29, 0.717) is 40.4 Å². The molecule has 1 atom stereocenters. The fourth-order valence-electron chi connectivity index (χ4n) is 3.08. The van der Waals surface area contributed by atoms with Gasteiger partial charge in [-0.2, -0.15) is 9.78 Å². The summed E-state index contributed by atoms with van der Waals surface area (Å²) in [6.45, 7) is 9.53. The summed E-state index contributed by atoms with van der Waals surface area (Å²) in [6, 6.07) is 10.4. The van der Waals surface area contributed by atoms with Gasteiger partial charge in [0.1, 0.15) is 5.82 Å². The molecule has 2 aromatic carbocycles. The van der Waals surface area contributed by atoms with E-state index in [0.717, 1.165) is 4.47 Å². The number of aliphatic carboxylic acids is 1. The minimum absolute atomic E-state index is 0.275. The Morgan fingerprint density at radius 1 is 1.24 bits per heavy atom. The molecule has 0 radical (unpaired) electrons. The van der Waals surface area contributed by atoms with Crippen molar-refractivity contribution in [1.82, 2.24) is 9.66 Å². The second kappa shape index (κ2) is 9.74. The van der Waals surface area contributed by atoms with E-state index < -0.39 is 17.5 Å². The molecule has 33 heavy (non-hydrogen) atoms. The molecule has 0 aliphatic carbocycles. The van der Waals surface area contributed by atoms with Crippen LogP contribution in [0, 0.1) is 0 Å². The highest BCUT2D eigenvalue weighted by Gasteiger charge is 2.23. The van der Waals surface area contributed by atoms with Crippen LogP contribution in [0.4, 0.5) is 0 Å². The number of benzene rings is 2. The van der Waals surface area contributed by atoms with Crippen molar-refractivity contribution >= 4 is 39.0 Å². The summed E-state index contributed by atoms with van der Waals surface area (Å²) >= 11 is 3.40. The lowest BCUT2D eigenvalue weighted by Gasteiger charge is -2.21. The topological polar surface area (TPSA) is 103 Å². The maximum absolute atomic E-state index is 13.3. The Morgan fingerprint density at radius 3 is 2.61 bits per heavy atom. The van der Waals surface area contributed by atoms with Crippen LogP contribution < -0.4 is 15.0 Å². The summed E-state index contributed by atoms with van der Waals surface area (Å²) in [6.07, 6.45) is 0.509. The van der Waals surface area contributed by atoms with Crippen molar-refractivity contribution in [2.45, 2.75) is 46.1 Å². The lowest BCUT2D eigenvalue weighted by atomic mass is 9.95. The molecule has 1 aromatic heterocycles. The van der Waals surface area contributed by atoms with Gasteiger partial charge in [-0.15, -0.1) is 0 Å². The van der Waals surface area contributed by atoms with Crippen molar-refractivity contribution in [3.05, 3.63) is 62.6 Å². The number of fused-ring (bicyclic) bond motifs is 1. The van der Waals surface area contributed by atoms with Crippen LogP contribution in [0.25, 0.3) is 10.9 Å². The van der Waals surface area contributed by atoms with Gasteiger partial charge in [0.15, 0.2) is 17.6 Å². The van der Waals surface area contributed by atoms with Gasteiger partial charge in [0.05, 0.1) is 23.7 Å². The Morgan fingerprint density at radius 2 is 1.97 bits per heavy atom. The van der Waals surface area contributed by atoms with E-state index in [4.69, 9.17) is 19.6 Å². The number of aromatic nitrogens is 2. The van der Waals surface area contributed by atoms with E-state index in [1.165, 1.54) is 17.8 Å². The van der Waals surface area contributed by atoms with Crippen LogP contribution in [0.2, 0.25) is 0 Å². The van der Waals surface area contributed by atoms with Crippen LogP contribution in [-0.4, -0.2) is 39.7 Å². The molecule has 0 spiro atoms. The third kappa shape index (κ3) is 5.60. The number of carbonyl (C=O) groups is 1. The number of carboxylic acids is 1. The first kappa shape index (κ1) is 24.4. The van der Waals surface area contributed by atoms with Gasteiger partial charge in [0, 0.05) is 9.89 Å². The molecule has 0 aliphatic heterocycles. The largest absolute Gasteiger partial charge is 0.490 e. The van der Waals surface area contributed by atoms with E-state index >= 15 is 0 Å². The highest BCUT2D eigenvalue weighted by molar-refractivity contribution is 9.10. The fraction of sp³-hybridized carbons (Fsp3) is 0.333. The Balaban J connectivity index is 2.08. The Kier molecular flexibility index (Phi) is 7.22. The molecule has 0 saturated carbocycles. The number of ether oxygens (including phenoxy) is 2. The minimum atomic E-state index is -1.08. The molecular formula is C24H26BrN3O5. The highest BCUT2D eigenvalue weighted by Crippen LogP contribution is 2.29. The predicted molar refractivity (Wildman–Crippen MR) is 131 cm³/mol. The molecule has 1 N–H and O–H groups in total. The fourth-order valence-corrected chi connectivity index (χ4v) is 3.44. The molecule has 1 heterocycles. The Labute approximate surface area is 200 Å². The maximum Gasteiger partial charge on any atom is 0.344 e. The molecule has 3 rings (SSSR count). The number of rotatable bonds is 7. The molecule has 0 fully saturated rings. The Bertz CT molecular complexity index is 1280. The summed E-state index contributed by atoms with van der Waals surface area (Å²) in [5.41, 5.74) is 0.545. The van der Waals surface area contributed by atoms with Crippen molar-refractivity contribution in [2.24, 2.45) is 5.10 Å². The molecule has 9 heteroatoms. The molecule has 0 amide bonds. The zero-order valence-corrected chi connectivity index (χ0v) is 20.7. The maximum atomic E-state index is 13.3. The lowest BCUT2D eigenvalue weighted by Crippen LogP contribution is -2.29. The van der Waals surface area contributed by atoms with E-state index in [1.54, 1.807) is 30.3 Å². The normalized spacial score (nSPS) is 12.8. The van der Waals surface area contributed by atoms with Crippen LogP contribution >= 0.6 is 15.9 Å². The van der Waals surface area contributed by atoms with Gasteiger partial charge >= 0.3 is 5.97 Å². The van der Waals surface area contributed by atoms with Crippen molar-refractivity contribution in [2.75, 3.05) is 6.61 Å². The second-order valence-corrected chi connectivity index (χ2v) is 9.36. The SMILES string of the molecule is CCOc1cc(C=Nn2c(C(C)(C)C)nc3ccc(Br)cc3c2=O)ccc1O[C@H](C)C(=O)O. The smallest absolute Gasteiger partial charge is 0.344 e. The average Bonchev–Trinajstić information content (AvgIpc) is 2.74. The van der Waals surface area contributed by atoms with Gasteiger partial charge in [-0.05, 0) is 55.8 Å². The van der Waals surface area contributed by atoms with E-state index in [2.05, 4.69) is 21.0 Å². The van der Waals surface area contributed by atoms with Crippen LogP contribution in [0.1, 0.15) is 46.0 Å². The molecule has 0 saturated heterocycles. The zero-order chi connectivity index (χ0) is 24.3.